The zero-order valence-electron chi connectivity index (χ0n) is 24.0. The Balaban J connectivity index is 0.00000507. The molecular formula is C30H41BrN4O3. The van der Waals surface area contributed by atoms with Crippen LogP contribution in [0.25, 0.3) is 0 Å². The Morgan fingerprint density at radius 3 is 1.92 bits per heavy atom. The summed E-state index contributed by atoms with van der Waals surface area (Å²) in [7, 11) is 5.08. The van der Waals surface area contributed by atoms with Crippen LogP contribution < -0.4 is 5.62 Å². The predicted molar refractivity (Wildman–Crippen MR) is 158 cm³/mol. The molecule has 0 unspecified atom stereocenters. The summed E-state index contributed by atoms with van der Waals surface area (Å²) in [4.78, 5) is 32.8. The first-order valence-electron chi connectivity index (χ1n) is 12.5. The first kappa shape index (κ1) is 31.1. The lowest BCUT2D eigenvalue weighted by molar-refractivity contribution is 0.0816. The Morgan fingerprint density at radius 2 is 1.47 bits per heavy atom. The van der Waals surface area contributed by atoms with E-state index >= 15 is 0 Å². The van der Waals surface area contributed by atoms with Gasteiger partial charge in [-0.15, -0.1) is 17.0 Å². The molecule has 0 aliphatic heterocycles. The number of hydrogen-bond acceptors (Lipinski definition) is 4. The zero-order chi connectivity index (χ0) is 27.7. The van der Waals surface area contributed by atoms with Crippen molar-refractivity contribution < 1.29 is 14.7 Å². The molecule has 0 spiro atoms. The smallest absolute Gasteiger partial charge is 0.271 e. The van der Waals surface area contributed by atoms with Gasteiger partial charge in [0, 0.05) is 44.0 Å². The van der Waals surface area contributed by atoms with Crippen LogP contribution in [0.3, 0.4) is 0 Å². The van der Waals surface area contributed by atoms with Crippen molar-refractivity contribution in [2.45, 2.75) is 65.5 Å². The molecule has 1 heterocycles. The number of imidazole rings is 1. The van der Waals surface area contributed by atoms with Gasteiger partial charge in [0.1, 0.15) is 11.4 Å². The minimum atomic E-state index is -0.345. The van der Waals surface area contributed by atoms with E-state index in [-0.39, 0.29) is 51.8 Å². The highest BCUT2D eigenvalue weighted by molar-refractivity contribution is 8.93. The first-order chi connectivity index (χ1) is 17.1. The molecule has 0 atom stereocenters. The lowest BCUT2D eigenvalue weighted by Crippen LogP contribution is -2.31. The minimum Gasteiger partial charge on any atom is -0.507 e. The fourth-order valence-electron chi connectivity index (χ4n) is 4.41. The number of aromatic nitrogens is 2. The number of rotatable bonds is 6. The molecule has 3 aromatic rings. The number of Topliss-reactive ketones (excluding diaryl/α,β-unsaturated/α-hetero) is 1. The van der Waals surface area contributed by atoms with Gasteiger partial charge < -0.3 is 19.1 Å². The van der Waals surface area contributed by atoms with Crippen LogP contribution in [0, 0.1) is 0 Å². The van der Waals surface area contributed by atoms with Gasteiger partial charge in [0.25, 0.3) is 5.91 Å². The van der Waals surface area contributed by atoms with Crippen LogP contribution in [0.4, 0.5) is 0 Å². The van der Waals surface area contributed by atoms with Gasteiger partial charge in [0.2, 0.25) is 5.62 Å². The average Bonchev–Trinajstić information content (AvgIpc) is 3.14. The van der Waals surface area contributed by atoms with Gasteiger partial charge in [-0.2, -0.15) is 0 Å². The Morgan fingerprint density at radius 1 is 0.947 bits per heavy atom. The van der Waals surface area contributed by atoms with Crippen LogP contribution >= 0.6 is 17.0 Å². The van der Waals surface area contributed by atoms with E-state index in [1.54, 1.807) is 44.0 Å². The Labute approximate surface area is 236 Å². The minimum absolute atomic E-state index is 0. The summed E-state index contributed by atoms with van der Waals surface area (Å²) in [6.07, 6.45) is 1.71. The summed E-state index contributed by atoms with van der Waals surface area (Å²) in [6, 6.07) is 13.4. The third-order valence-corrected chi connectivity index (χ3v) is 6.44. The van der Waals surface area contributed by atoms with E-state index in [0.29, 0.717) is 23.4 Å². The van der Waals surface area contributed by atoms with Crippen molar-refractivity contribution in [1.82, 2.24) is 14.0 Å². The number of phenols is 1. The van der Waals surface area contributed by atoms with Crippen molar-refractivity contribution >= 4 is 28.7 Å². The first-order valence-corrected chi connectivity index (χ1v) is 12.5. The molecule has 1 aromatic heterocycles. The summed E-state index contributed by atoms with van der Waals surface area (Å²) in [5.41, 5.74) is 3.32. The van der Waals surface area contributed by atoms with Gasteiger partial charge in [-0.3, -0.25) is 14.6 Å². The standard InChI is InChI=1S/C30H40N4O3.BrH/c1-29(2,3)22-15-21(16-23(26(22)36)30(4,5)6)25(35)19-33-18-24(27(37)32(8)9)34(28(33)31-7)17-20-13-11-10-12-14-20;/h10-16,18,36H,17,19H2,1-9H3;1H/b31-28-;. The SMILES string of the molecule is Br.C/N=c1/n(CC(=O)c2cc(C(C)(C)C)c(O)c(C(C)(C)C)c2)cc(C(=O)N(C)C)n1Cc1ccccc1. The molecule has 0 fully saturated rings. The van der Waals surface area contributed by atoms with Crippen LogP contribution in [0.1, 0.15) is 79.1 Å². The molecule has 2 aromatic carbocycles. The fraction of sp³-hybridized carbons (Fsp3) is 0.433. The quantitative estimate of drug-likeness (QED) is 0.397. The summed E-state index contributed by atoms with van der Waals surface area (Å²) in [5, 5.41) is 11.1. The number of halogens is 1. The molecule has 1 amide bonds. The highest BCUT2D eigenvalue weighted by Gasteiger charge is 2.28. The Bertz CT molecular complexity index is 1340. The van der Waals surface area contributed by atoms with Gasteiger partial charge in [-0.25, -0.2) is 0 Å². The van der Waals surface area contributed by atoms with Crippen molar-refractivity contribution in [2.75, 3.05) is 21.1 Å². The summed E-state index contributed by atoms with van der Waals surface area (Å²) in [6.45, 7) is 12.6. The molecule has 3 rings (SSSR count). The largest absolute Gasteiger partial charge is 0.507 e. The maximum atomic E-state index is 13.7. The number of phenolic OH excluding ortho intramolecular Hbond substituents is 1. The molecule has 0 aliphatic rings. The van der Waals surface area contributed by atoms with Crippen LogP contribution in [-0.4, -0.2) is 52.0 Å². The van der Waals surface area contributed by atoms with E-state index in [0.717, 1.165) is 16.7 Å². The van der Waals surface area contributed by atoms with Gasteiger partial charge in [0.05, 0.1) is 13.1 Å². The lowest BCUT2D eigenvalue weighted by Gasteiger charge is -2.28. The number of aromatic hydroxyl groups is 1. The molecular weight excluding hydrogens is 544 g/mol. The van der Waals surface area contributed by atoms with Crippen LogP contribution in [0.2, 0.25) is 0 Å². The van der Waals surface area contributed by atoms with Crippen molar-refractivity contribution in [1.29, 1.82) is 0 Å². The molecule has 206 valence electrons. The van der Waals surface area contributed by atoms with E-state index in [4.69, 9.17) is 0 Å². The molecule has 7 nitrogen and oxygen atoms in total. The monoisotopic (exact) mass is 584 g/mol. The van der Waals surface area contributed by atoms with Crippen LogP contribution in [0.15, 0.2) is 53.7 Å². The maximum absolute atomic E-state index is 13.7. The molecule has 0 saturated heterocycles. The summed E-state index contributed by atoms with van der Waals surface area (Å²) in [5.74, 6) is -0.0466. The second kappa shape index (κ2) is 11.7. The molecule has 0 saturated carbocycles. The summed E-state index contributed by atoms with van der Waals surface area (Å²) >= 11 is 0. The number of amides is 1. The van der Waals surface area contributed by atoms with Crippen molar-refractivity contribution in [3.8, 4) is 5.75 Å². The Kier molecular flexibility index (Phi) is 9.59. The molecule has 38 heavy (non-hydrogen) atoms. The average molecular weight is 586 g/mol. The number of ketones is 1. The number of carbonyl (C=O) groups is 2. The van der Waals surface area contributed by atoms with Gasteiger partial charge >= 0.3 is 0 Å². The van der Waals surface area contributed by atoms with Crippen molar-refractivity contribution in [3.05, 3.63) is 82.2 Å². The van der Waals surface area contributed by atoms with E-state index < -0.39 is 0 Å². The molecule has 1 N–H and O–H groups in total. The second-order valence-electron chi connectivity index (χ2n) is 11.8. The van der Waals surface area contributed by atoms with Gasteiger partial charge in [0.15, 0.2) is 5.78 Å². The molecule has 0 aliphatic carbocycles. The van der Waals surface area contributed by atoms with E-state index in [9.17, 15) is 14.7 Å². The van der Waals surface area contributed by atoms with Gasteiger partial charge in [-0.1, -0.05) is 71.9 Å². The lowest BCUT2D eigenvalue weighted by atomic mass is 9.78. The fourth-order valence-corrected chi connectivity index (χ4v) is 4.41. The van der Waals surface area contributed by atoms with Crippen LogP contribution in [-0.2, 0) is 23.9 Å². The maximum Gasteiger partial charge on any atom is 0.271 e. The van der Waals surface area contributed by atoms with Crippen molar-refractivity contribution in [3.63, 3.8) is 0 Å². The van der Waals surface area contributed by atoms with Crippen molar-refractivity contribution in [2.24, 2.45) is 4.99 Å². The second-order valence-corrected chi connectivity index (χ2v) is 11.8. The van der Waals surface area contributed by atoms with Crippen LogP contribution in [0.5, 0.6) is 5.75 Å². The normalized spacial score (nSPS) is 12.3. The molecule has 8 heteroatoms. The zero-order valence-corrected chi connectivity index (χ0v) is 25.7. The van der Waals surface area contributed by atoms with Gasteiger partial charge in [-0.05, 0) is 28.5 Å². The number of carbonyl (C=O) groups excluding carboxylic acids is 2. The highest BCUT2D eigenvalue weighted by atomic mass is 79.9. The van der Waals surface area contributed by atoms with E-state index in [2.05, 4.69) is 4.99 Å². The molecule has 0 bridgehead atoms. The summed E-state index contributed by atoms with van der Waals surface area (Å²) < 4.78 is 3.59. The van der Waals surface area contributed by atoms with E-state index in [1.165, 1.54) is 4.90 Å². The number of nitrogens with zero attached hydrogens (tertiary/aromatic N) is 4. The Hall–Kier alpha value is -3.13. The number of hydrogen-bond donors (Lipinski definition) is 1. The molecule has 0 radical (unpaired) electrons. The number of benzene rings is 2. The highest BCUT2D eigenvalue weighted by Crippen LogP contribution is 2.39. The van der Waals surface area contributed by atoms with E-state index in [1.807, 2.05) is 76.4 Å². The third-order valence-electron chi connectivity index (χ3n) is 6.44. The topological polar surface area (TPSA) is 79.8 Å². The third kappa shape index (κ3) is 6.65. The predicted octanol–water partition coefficient (Wildman–Crippen LogP) is 5.33.